The van der Waals surface area contributed by atoms with Crippen LogP contribution in [0.15, 0.2) is 40.8 Å². The van der Waals surface area contributed by atoms with Crippen LogP contribution in [-0.4, -0.2) is 38.2 Å². The van der Waals surface area contributed by atoms with Crippen molar-refractivity contribution in [1.29, 1.82) is 0 Å². The van der Waals surface area contributed by atoms with Crippen molar-refractivity contribution in [3.05, 3.63) is 59.0 Å². The Morgan fingerprint density at radius 2 is 1.79 bits per heavy atom. The van der Waals surface area contributed by atoms with Crippen LogP contribution in [0.2, 0.25) is 0 Å². The molecular weight excluding hydrogens is 334 g/mol. The fourth-order valence-corrected chi connectivity index (χ4v) is 2.73. The number of hydrogen-bond acceptors (Lipinski definition) is 5. The number of carbonyl (C=O) groups is 2. The minimum atomic E-state index is -3.22. The molecule has 1 aromatic heterocycles. The third-order valence-electron chi connectivity index (χ3n) is 3.19. The first-order chi connectivity index (χ1) is 11.2. The molecule has 2 N–H and O–H groups in total. The lowest BCUT2D eigenvalue weighted by Gasteiger charge is -2.04. The SMILES string of the molecule is CS(=O)(=O)Cc1ccc(C(=O)NCCc2ccc(C(=O)O)cc2)o1. The normalized spacial score (nSPS) is 11.2. The quantitative estimate of drug-likeness (QED) is 0.781. The van der Waals surface area contributed by atoms with Crippen molar-refractivity contribution in [2.75, 3.05) is 12.8 Å². The van der Waals surface area contributed by atoms with E-state index in [0.717, 1.165) is 11.8 Å². The minimum Gasteiger partial charge on any atom is -0.478 e. The lowest BCUT2D eigenvalue weighted by molar-refractivity contribution is 0.0696. The number of sulfone groups is 1. The van der Waals surface area contributed by atoms with Gasteiger partial charge in [0.15, 0.2) is 15.6 Å². The highest BCUT2D eigenvalue weighted by Crippen LogP contribution is 2.11. The lowest BCUT2D eigenvalue weighted by atomic mass is 10.1. The zero-order valence-electron chi connectivity index (χ0n) is 13.0. The Bertz CT molecular complexity index is 836. The van der Waals surface area contributed by atoms with Crippen molar-refractivity contribution in [1.82, 2.24) is 5.32 Å². The summed E-state index contributed by atoms with van der Waals surface area (Å²) in [5, 5.41) is 11.5. The van der Waals surface area contributed by atoms with E-state index in [2.05, 4.69) is 5.32 Å². The summed E-state index contributed by atoms with van der Waals surface area (Å²) in [6.45, 7) is 0.341. The Kier molecular flexibility index (Phi) is 5.40. The number of amides is 1. The first-order valence-electron chi connectivity index (χ1n) is 7.11. The monoisotopic (exact) mass is 351 g/mol. The number of carbonyl (C=O) groups excluding carboxylic acids is 1. The summed E-state index contributed by atoms with van der Waals surface area (Å²) >= 11 is 0. The highest BCUT2D eigenvalue weighted by Gasteiger charge is 2.13. The molecule has 0 fully saturated rings. The average molecular weight is 351 g/mol. The van der Waals surface area contributed by atoms with Crippen LogP contribution in [0.5, 0.6) is 0 Å². The van der Waals surface area contributed by atoms with E-state index in [0.29, 0.717) is 13.0 Å². The molecule has 0 aliphatic rings. The Balaban J connectivity index is 1.86. The van der Waals surface area contributed by atoms with Crippen molar-refractivity contribution in [3.8, 4) is 0 Å². The van der Waals surface area contributed by atoms with E-state index in [1.165, 1.54) is 24.3 Å². The maximum absolute atomic E-state index is 11.9. The number of carboxylic acid groups (broad SMARTS) is 1. The lowest BCUT2D eigenvalue weighted by Crippen LogP contribution is -2.25. The van der Waals surface area contributed by atoms with E-state index in [9.17, 15) is 18.0 Å². The topological polar surface area (TPSA) is 114 Å². The molecule has 0 radical (unpaired) electrons. The molecule has 8 heteroatoms. The van der Waals surface area contributed by atoms with Gasteiger partial charge in [0.2, 0.25) is 0 Å². The van der Waals surface area contributed by atoms with E-state index < -0.39 is 21.7 Å². The van der Waals surface area contributed by atoms with Gasteiger partial charge in [-0.1, -0.05) is 12.1 Å². The second-order valence-electron chi connectivity index (χ2n) is 5.34. The zero-order chi connectivity index (χ0) is 17.7. The second-order valence-corrected chi connectivity index (χ2v) is 7.48. The number of furan rings is 1. The molecule has 1 aromatic carbocycles. The fraction of sp³-hybridized carbons (Fsp3) is 0.250. The summed E-state index contributed by atoms with van der Waals surface area (Å²) in [5.41, 5.74) is 1.09. The molecule has 0 saturated carbocycles. The largest absolute Gasteiger partial charge is 0.478 e. The van der Waals surface area contributed by atoms with Gasteiger partial charge in [-0.25, -0.2) is 13.2 Å². The summed E-state index contributed by atoms with van der Waals surface area (Å²) in [5.74, 6) is -1.41. The standard InChI is InChI=1S/C16H17NO6S/c1-24(21,22)10-13-6-7-14(23-13)15(18)17-9-8-11-2-4-12(5-3-11)16(19)20/h2-7H,8-10H2,1H3,(H,17,18)(H,19,20). The Morgan fingerprint density at radius 3 is 2.38 bits per heavy atom. The molecule has 2 aromatic rings. The van der Waals surface area contributed by atoms with Crippen LogP contribution in [0.4, 0.5) is 0 Å². The molecule has 0 aliphatic heterocycles. The molecular formula is C16H17NO6S. The van der Waals surface area contributed by atoms with Crippen LogP contribution in [0.25, 0.3) is 0 Å². The molecule has 0 atom stereocenters. The van der Waals surface area contributed by atoms with Crippen molar-refractivity contribution < 1.29 is 27.5 Å². The van der Waals surface area contributed by atoms with Crippen molar-refractivity contribution in [2.24, 2.45) is 0 Å². The molecule has 0 aliphatic carbocycles. The van der Waals surface area contributed by atoms with Gasteiger partial charge in [0.05, 0.1) is 5.56 Å². The molecule has 0 saturated heterocycles. The van der Waals surface area contributed by atoms with Crippen molar-refractivity contribution >= 4 is 21.7 Å². The van der Waals surface area contributed by atoms with Gasteiger partial charge in [0.25, 0.3) is 5.91 Å². The molecule has 128 valence electrons. The molecule has 1 amide bonds. The second kappa shape index (κ2) is 7.31. The number of aromatic carboxylic acids is 1. The minimum absolute atomic E-state index is 0.0508. The van der Waals surface area contributed by atoms with Crippen LogP contribution in [0.3, 0.4) is 0 Å². The van der Waals surface area contributed by atoms with Crippen LogP contribution < -0.4 is 5.32 Å². The third-order valence-corrected chi connectivity index (χ3v) is 4.00. The van der Waals surface area contributed by atoms with Gasteiger partial charge >= 0.3 is 5.97 Å². The Hall–Kier alpha value is -2.61. The van der Waals surface area contributed by atoms with Crippen molar-refractivity contribution in [3.63, 3.8) is 0 Å². The van der Waals surface area contributed by atoms with Gasteiger partial charge in [-0.2, -0.15) is 0 Å². The maximum atomic E-state index is 11.9. The van der Waals surface area contributed by atoms with Crippen LogP contribution in [0, 0.1) is 0 Å². The first-order valence-corrected chi connectivity index (χ1v) is 9.17. The number of benzene rings is 1. The Morgan fingerprint density at radius 1 is 1.12 bits per heavy atom. The first kappa shape index (κ1) is 17.7. The smallest absolute Gasteiger partial charge is 0.335 e. The molecule has 0 bridgehead atoms. The van der Waals surface area contributed by atoms with Gasteiger partial charge in [0.1, 0.15) is 11.5 Å². The van der Waals surface area contributed by atoms with Gasteiger partial charge in [-0.15, -0.1) is 0 Å². The molecule has 0 spiro atoms. The number of nitrogens with one attached hydrogen (secondary N) is 1. The van der Waals surface area contributed by atoms with E-state index >= 15 is 0 Å². The highest BCUT2D eigenvalue weighted by molar-refractivity contribution is 7.89. The van der Waals surface area contributed by atoms with E-state index in [1.807, 2.05) is 0 Å². The maximum Gasteiger partial charge on any atom is 0.335 e. The predicted octanol–water partition coefficient (Wildman–Crippen LogP) is 1.49. The molecule has 1 heterocycles. The zero-order valence-corrected chi connectivity index (χ0v) is 13.8. The summed E-state index contributed by atoms with van der Waals surface area (Å²) in [4.78, 5) is 22.7. The van der Waals surface area contributed by atoms with Gasteiger partial charge in [0, 0.05) is 12.8 Å². The van der Waals surface area contributed by atoms with E-state index in [1.54, 1.807) is 12.1 Å². The fourth-order valence-electron chi connectivity index (χ4n) is 2.06. The average Bonchev–Trinajstić information content (AvgIpc) is 2.94. The summed E-state index contributed by atoms with van der Waals surface area (Å²) in [6, 6.07) is 9.27. The van der Waals surface area contributed by atoms with Gasteiger partial charge < -0.3 is 14.8 Å². The number of hydrogen-bond donors (Lipinski definition) is 2. The summed E-state index contributed by atoms with van der Waals surface area (Å²) in [7, 11) is -3.22. The molecule has 24 heavy (non-hydrogen) atoms. The van der Waals surface area contributed by atoms with Crippen LogP contribution in [0.1, 0.15) is 32.2 Å². The van der Waals surface area contributed by atoms with Crippen molar-refractivity contribution in [2.45, 2.75) is 12.2 Å². The number of rotatable bonds is 7. The highest BCUT2D eigenvalue weighted by atomic mass is 32.2. The Labute approximate surface area is 139 Å². The summed E-state index contributed by atoms with van der Waals surface area (Å²) in [6.07, 6.45) is 1.62. The van der Waals surface area contributed by atoms with Gasteiger partial charge in [-0.3, -0.25) is 4.79 Å². The van der Waals surface area contributed by atoms with Crippen LogP contribution >= 0.6 is 0 Å². The van der Waals surface area contributed by atoms with Crippen LogP contribution in [-0.2, 0) is 22.0 Å². The number of carboxylic acids is 1. The third kappa shape index (κ3) is 5.24. The van der Waals surface area contributed by atoms with E-state index in [4.69, 9.17) is 9.52 Å². The van der Waals surface area contributed by atoms with Gasteiger partial charge in [-0.05, 0) is 36.2 Å². The molecule has 2 rings (SSSR count). The summed E-state index contributed by atoms with van der Waals surface area (Å²) < 4.78 is 27.6. The molecule has 0 unspecified atom stereocenters. The molecule has 7 nitrogen and oxygen atoms in total. The predicted molar refractivity (Wildman–Crippen MR) is 86.7 cm³/mol. The van der Waals surface area contributed by atoms with E-state index in [-0.39, 0.29) is 22.8 Å².